The lowest BCUT2D eigenvalue weighted by Crippen LogP contribution is -2.45. The summed E-state index contributed by atoms with van der Waals surface area (Å²) in [5.74, 6) is -0.788. The Labute approximate surface area is 185 Å². The average molecular weight is 448 g/mol. The van der Waals surface area contributed by atoms with E-state index in [1.54, 1.807) is 11.0 Å². The van der Waals surface area contributed by atoms with Crippen LogP contribution in [-0.4, -0.2) is 78.3 Å². The van der Waals surface area contributed by atoms with E-state index in [2.05, 4.69) is 15.3 Å². The number of hydrogen-bond donors (Lipinski definition) is 1. The summed E-state index contributed by atoms with van der Waals surface area (Å²) in [7, 11) is 3.95. The zero-order valence-electron chi connectivity index (χ0n) is 17.6. The summed E-state index contributed by atoms with van der Waals surface area (Å²) in [5, 5.41) is 2.48. The van der Waals surface area contributed by atoms with Gasteiger partial charge in [-0.05, 0) is 63.3 Å². The maximum absolute atomic E-state index is 13.9. The van der Waals surface area contributed by atoms with Crippen LogP contribution in [0, 0.1) is 5.82 Å². The van der Waals surface area contributed by atoms with E-state index in [0.717, 1.165) is 32.4 Å². The zero-order valence-corrected chi connectivity index (χ0v) is 18.5. The Morgan fingerprint density at radius 2 is 2.19 bits per heavy atom. The highest BCUT2D eigenvalue weighted by atomic mass is 32.2. The van der Waals surface area contributed by atoms with Gasteiger partial charge in [-0.2, -0.15) is 4.99 Å². The molecule has 2 fully saturated rings. The van der Waals surface area contributed by atoms with Crippen LogP contribution in [0.4, 0.5) is 9.18 Å². The molecule has 0 aromatic heterocycles. The maximum atomic E-state index is 13.9. The van der Waals surface area contributed by atoms with Gasteiger partial charge in [-0.1, -0.05) is 0 Å². The molecule has 31 heavy (non-hydrogen) atoms. The van der Waals surface area contributed by atoms with Crippen molar-refractivity contribution in [2.24, 2.45) is 4.99 Å². The first kappa shape index (κ1) is 21.8. The first-order valence-corrected chi connectivity index (χ1v) is 11.2. The van der Waals surface area contributed by atoms with Gasteiger partial charge in [0, 0.05) is 43.9 Å². The quantitative estimate of drug-likeness (QED) is 0.714. The number of ether oxygens (including phenoxy) is 1. The molecule has 0 spiro atoms. The second-order valence-corrected chi connectivity index (χ2v) is 8.99. The van der Waals surface area contributed by atoms with E-state index < -0.39 is 11.9 Å². The first-order valence-electron chi connectivity index (χ1n) is 10.4. The molecule has 8 nitrogen and oxygen atoms in total. The Bertz CT molecular complexity index is 930. The summed E-state index contributed by atoms with van der Waals surface area (Å²) in [6, 6.07) is 4.22. The van der Waals surface area contributed by atoms with Crippen molar-refractivity contribution in [1.82, 2.24) is 20.2 Å². The number of halogens is 1. The normalized spacial score (nSPS) is 23.1. The smallest absolute Gasteiger partial charge is 0.409 e. The lowest BCUT2D eigenvalue weighted by molar-refractivity contribution is -0.113. The molecule has 1 N–H and O–H groups in total. The van der Waals surface area contributed by atoms with Gasteiger partial charge in [0.2, 0.25) is 0 Å². The predicted octanol–water partition coefficient (Wildman–Crippen LogP) is 2.53. The molecule has 3 heterocycles. The fraction of sp³-hybridized carbons (Fsp3) is 0.476. The van der Waals surface area contributed by atoms with Gasteiger partial charge in [0.05, 0.1) is 4.91 Å². The molecule has 0 saturated carbocycles. The molecule has 166 valence electrons. The van der Waals surface area contributed by atoms with Crippen molar-refractivity contribution in [1.29, 1.82) is 0 Å². The average Bonchev–Trinajstić information content (AvgIpc) is 3.38. The molecule has 1 atom stereocenters. The van der Waals surface area contributed by atoms with E-state index >= 15 is 0 Å². The molecule has 1 aromatic carbocycles. The summed E-state index contributed by atoms with van der Waals surface area (Å²) < 4.78 is 19.4. The number of hydrogen-bond acceptors (Lipinski definition) is 7. The molecule has 0 bridgehead atoms. The second kappa shape index (κ2) is 9.37. The number of hydrazine groups is 1. The second-order valence-electron chi connectivity index (χ2n) is 7.98. The Hall–Kier alpha value is -2.43. The van der Waals surface area contributed by atoms with Crippen LogP contribution in [0.3, 0.4) is 0 Å². The van der Waals surface area contributed by atoms with Crippen LogP contribution in [0.2, 0.25) is 0 Å². The van der Waals surface area contributed by atoms with E-state index in [-0.39, 0.29) is 17.7 Å². The molecule has 2 amide bonds. The van der Waals surface area contributed by atoms with Crippen LogP contribution >= 0.6 is 11.8 Å². The number of rotatable bonds is 3. The van der Waals surface area contributed by atoms with Gasteiger partial charge in [-0.3, -0.25) is 9.80 Å². The molecule has 3 aliphatic rings. The zero-order chi connectivity index (χ0) is 22.0. The Morgan fingerprint density at radius 3 is 2.90 bits per heavy atom. The van der Waals surface area contributed by atoms with Gasteiger partial charge in [0.15, 0.2) is 5.17 Å². The third kappa shape index (κ3) is 5.08. The van der Waals surface area contributed by atoms with Crippen molar-refractivity contribution < 1.29 is 18.7 Å². The van der Waals surface area contributed by atoms with Crippen LogP contribution in [0.25, 0.3) is 6.08 Å². The summed E-state index contributed by atoms with van der Waals surface area (Å²) >= 11 is 1.26. The van der Waals surface area contributed by atoms with Gasteiger partial charge in [0.25, 0.3) is 5.91 Å². The molecule has 10 heteroatoms. The van der Waals surface area contributed by atoms with E-state index in [1.165, 1.54) is 30.0 Å². The standard InChI is InChI=1S/C21H26FN5O3S/c1-25(2)16-7-10-26(13-16)21(29)30-17-12-15(22)6-5-14(17)11-18-19(28)24-20(31-18)27-9-4-3-8-23-27/h5-6,11-12,16,23H,3-4,7-10,13H2,1-2H3/b18-11+/t16-/m0/s1. The summed E-state index contributed by atoms with van der Waals surface area (Å²) in [6.45, 7) is 2.78. The molecule has 1 aromatic rings. The number of amides is 2. The van der Waals surface area contributed by atoms with Gasteiger partial charge in [-0.15, -0.1) is 0 Å². The summed E-state index contributed by atoms with van der Waals surface area (Å²) in [4.78, 5) is 33.3. The number of likely N-dealkylation sites (tertiary alicyclic amines) is 1. The van der Waals surface area contributed by atoms with E-state index in [4.69, 9.17) is 4.74 Å². The molecule has 0 radical (unpaired) electrons. The van der Waals surface area contributed by atoms with Gasteiger partial charge in [0.1, 0.15) is 11.6 Å². The van der Waals surface area contributed by atoms with Crippen LogP contribution in [0.5, 0.6) is 5.75 Å². The Kier molecular flexibility index (Phi) is 6.59. The molecule has 2 saturated heterocycles. The lowest BCUT2D eigenvalue weighted by atomic mass is 10.2. The van der Waals surface area contributed by atoms with Crippen molar-refractivity contribution in [2.75, 3.05) is 40.3 Å². The number of carbonyl (C=O) groups is 2. The van der Waals surface area contributed by atoms with Crippen LogP contribution in [-0.2, 0) is 4.79 Å². The topological polar surface area (TPSA) is 77.5 Å². The lowest BCUT2D eigenvalue weighted by Gasteiger charge is -2.28. The van der Waals surface area contributed by atoms with E-state index in [9.17, 15) is 14.0 Å². The highest BCUT2D eigenvalue weighted by Crippen LogP contribution is 2.33. The summed E-state index contributed by atoms with van der Waals surface area (Å²) in [5.41, 5.74) is 3.68. The van der Waals surface area contributed by atoms with Crippen molar-refractivity contribution >= 4 is 35.0 Å². The predicted molar refractivity (Wildman–Crippen MR) is 118 cm³/mol. The molecule has 0 aliphatic carbocycles. The van der Waals surface area contributed by atoms with Crippen molar-refractivity contribution in [3.63, 3.8) is 0 Å². The number of likely N-dealkylation sites (N-methyl/N-ethyl adjacent to an activating group) is 1. The molecular weight excluding hydrogens is 421 g/mol. The highest BCUT2D eigenvalue weighted by Gasteiger charge is 2.30. The summed E-state index contributed by atoms with van der Waals surface area (Å²) in [6.07, 6.45) is 4.06. The van der Waals surface area contributed by atoms with Crippen molar-refractivity contribution in [3.05, 3.63) is 34.5 Å². The maximum Gasteiger partial charge on any atom is 0.415 e. The van der Waals surface area contributed by atoms with E-state index in [0.29, 0.717) is 28.7 Å². The number of benzene rings is 1. The van der Waals surface area contributed by atoms with Crippen LogP contribution in [0.1, 0.15) is 24.8 Å². The number of nitrogens with one attached hydrogen (secondary N) is 1. The highest BCUT2D eigenvalue weighted by molar-refractivity contribution is 8.18. The van der Waals surface area contributed by atoms with Crippen molar-refractivity contribution in [2.45, 2.75) is 25.3 Å². The first-order chi connectivity index (χ1) is 14.9. The molecule has 3 aliphatic heterocycles. The van der Waals surface area contributed by atoms with Gasteiger partial charge >= 0.3 is 6.09 Å². The number of amidine groups is 1. The minimum atomic E-state index is -0.519. The monoisotopic (exact) mass is 447 g/mol. The van der Waals surface area contributed by atoms with Crippen LogP contribution < -0.4 is 10.2 Å². The molecule has 0 unspecified atom stereocenters. The number of thioether (sulfide) groups is 1. The Morgan fingerprint density at radius 1 is 1.35 bits per heavy atom. The number of aliphatic imine (C=N–C) groups is 1. The number of nitrogens with zero attached hydrogens (tertiary/aromatic N) is 4. The van der Waals surface area contributed by atoms with Crippen LogP contribution in [0.15, 0.2) is 28.1 Å². The minimum Gasteiger partial charge on any atom is -0.409 e. The fourth-order valence-electron chi connectivity index (χ4n) is 3.71. The van der Waals surface area contributed by atoms with E-state index in [1.807, 2.05) is 19.1 Å². The third-order valence-corrected chi connectivity index (χ3v) is 6.57. The van der Waals surface area contributed by atoms with Crippen molar-refractivity contribution in [3.8, 4) is 5.75 Å². The largest absolute Gasteiger partial charge is 0.415 e. The van der Waals surface area contributed by atoms with Gasteiger partial charge < -0.3 is 14.5 Å². The number of carbonyl (C=O) groups excluding carboxylic acids is 2. The molecular formula is C21H26FN5O3S. The SMILES string of the molecule is CN(C)[C@H]1CCN(C(=O)Oc2cc(F)ccc2/C=C2/SC(N3CCCCN3)=NC2=O)C1. The van der Waals surface area contributed by atoms with Gasteiger partial charge in [-0.25, -0.2) is 14.6 Å². The fourth-order valence-corrected chi connectivity index (χ4v) is 4.62. The molecule has 4 rings (SSSR count). The Balaban J connectivity index is 1.48. The third-order valence-electron chi connectivity index (χ3n) is 5.56. The minimum absolute atomic E-state index is 0.0868.